The van der Waals surface area contributed by atoms with E-state index in [1.54, 1.807) is 24.5 Å². The van der Waals surface area contributed by atoms with Crippen molar-refractivity contribution < 1.29 is 15.1 Å². The summed E-state index contributed by atoms with van der Waals surface area (Å²) in [6.07, 6.45) is 3.90. The molecule has 1 rings (SSSR count). The van der Waals surface area contributed by atoms with Crippen molar-refractivity contribution in [1.82, 2.24) is 4.98 Å². The topological polar surface area (TPSA) is 85.6 Å². The number of aliphatic carboxylic acids is 1. The first kappa shape index (κ1) is 11.2. The van der Waals surface area contributed by atoms with Crippen LogP contribution in [0.2, 0.25) is 0 Å². The van der Waals surface area contributed by atoms with Crippen molar-refractivity contribution in [1.29, 1.82) is 0 Å². The van der Waals surface area contributed by atoms with Gasteiger partial charge in [-0.05, 0) is 31.4 Å². The number of carbonyl (C=O) groups is 1. The fourth-order valence-electron chi connectivity index (χ4n) is 1.19. The molecule has 1 N–H and O–H groups in total. The molecular weight excluding hydrogens is 196 g/mol. The van der Waals surface area contributed by atoms with E-state index in [0.717, 1.165) is 0 Å². The van der Waals surface area contributed by atoms with E-state index in [2.05, 4.69) is 10.1 Å². The predicted octanol–water partition coefficient (Wildman–Crippen LogP) is 0.180. The summed E-state index contributed by atoms with van der Waals surface area (Å²) in [6.45, 7) is 0. The molecule has 1 aromatic rings. The second kappa shape index (κ2) is 5.74. The van der Waals surface area contributed by atoms with Crippen LogP contribution < -0.4 is 5.11 Å². The molecule has 0 radical (unpaired) electrons. The predicted molar refractivity (Wildman–Crippen MR) is 51.4 cm³/mol. The summed E-state index contributed by atoms with van der Waals surface area (Å²) in [4.78, 5) is 14.1. The molecule has 15 heavy (non-hydrogen) atoms. The van der Waals surface area contributed by atoms with Crippen molar-refractivity contribution in [3.63, 3.8) is 0 Å². The molecule has 0 atom stereocenters. The van der Waals surface area contributed by atoms with Crippen LogP contribution in [0, 0.1) is 0 Å². The van der Waals surface area contributed by atoms with Crippen LogP contribution >= 0.6 is 0 Å². The number of oxime groups is 1. The van der Waals surface area contributed by atoms with Crippen molar-refractivity contribution in [3.8, 4) is 0 Å². The summed E-state index contributed by atoms with van der Waals surface area (Å²) in [5.41, 5.74) is 1.13. The van der Waals surface area contributed by atoms with Crippen molar-refractivity contribution in [2.24, 2.45) is 5.16 Å². The lowest BCUT2D eigenvalue weighted by atomic mass is 10.1. The third-order valence-electron chi connectivity index (χ3n) is 1.91. The van der Waals surface area contributed by atoms with Gasteiger partial charge in [0.1, 0.15) is 0 Å². The standard InChI is InChI=1S/C10H12N2O3/c13-10(14)5-1-4-9(12-15)8-3-2-6-11-7-8/h2-3,6-7,15H,1,4-5H2,(H,13,14)/p-1/b12-9+. The molecule has 0 aliphatic rings. The van der Waals surface area contributed by atoms with Crippen molar-refractivity contribution in [3.05, 3.63) is 30.1 Å². The van der Waals surface area contributed by atoms with Crippen LogP contribution in [0.4, 0.5) is 0 Å². The van der Waals surface area contributed by atoms with E-state index in [1.165, 1.54) is 0 Å². The number of carbonyl (C=O) groups excluding carboxylic acids is 1. The van der Waals surface area contributed by atoms with Crippen LogP contribution in [0.5, 0.6) is 0 Å². The van der Waals surface area contributed by atoms with E-state index in [0.29, 0.717) is 24.1 Å². The lowest BCUT2D eigenvalue weighted by molar-refractivity contribution is -0.305. The Labute approximate surface area is 87.1 Å². The second-order valence-corrected chi connectivity index (χ2v) is 3.01. The normalized spacial score (nSPS) is 11.3. The number of pyridine rings is 1. The van der Waals surface area contributed by atoms with Gasteiger partial charge >= 0.3 is 0 Å². The molecule has 0 aliphatic heterocycles. The number of hydrogen-bond acceptors (Lipinski definition) is 5. The van der Waals surface area contributed by atoms with Crippen molar-refractivity contribution in [2.75, 3.05) is 0 Å². The number of hydrogen-bond donors (Lipinski definition) is 1. The van der Waals surface area contributed by atoms with Gasteiger partial charge in [-0.25, -0.2) is 0 Å². The van der Waals surface area contributed by atoms with Crippen molar-refractivity contribution >= 4 is 11.7 Å². The minimum Gasteiger partial charge on any atom is -0.550 e. The summed E-state index contributed by atoms with van der Waals surface area (Å²) >= 11 is 0. The van der Waals surface area contributed by atoms with Crippen molar-refractivity contribution in [2.45, 2.75) is 19.3 Å². The summed E-state index contributed by atoms with van der Waals surface area (Å²) in [5.74, 6) is -1.10. The number of carboxylic acids is 1. The quantitative estimate of drug-likeness (QED) is 0.424. The fourth-order valence-corrected chi connectivity index (χ4v) is 1.19. The molecule has 5 heteroatoms. The third kappa shape index (κ3) is 3.76. The monoisotopic (exact) mass is 207 g/mol. The Bertz CT molecular complexity index is 349. The number of nitrogens with zero attached hydrogens (tertiary/aromatic N) is 2. The Morgan fingerprint density at radius 2 is 2.33 bits per heavy atom. The average molecular weight is 207 g/mol. The van der Waals surface area contributed by atoms with Crippen LogP contribution in [-0.4, -0.2) is 21.9 Å². The smallest absolute Gasteiger partial charge is 0.0883 e. The molecule has 5 nitrogen and oxygen atoms in total. The van der Waals surface area contributed by atoms with Gasteiger partial charge in [0.15, 0.2) is 0 Å². The largest absolute Gasteiger partial charge is 0.550 e. The highest BCUT2D eigenvalue weighted by Gasteiger charge is 2.03. The van der Waals surface area contributed by atoms with E-state index < -0.39 is 5.97 Å². The Morgan fingerprint density at radius 1 is 1.53 bits per heavy atom. The molecule has 0 fully saturated rings. The van der Waals surface area contributed by atoms with Crippen LogP contribution in [0.3, 0.4) is 0 Å². The average Bonchev–Trinajstić information content (AvgIpc) is 2.25. The van der Waals surface area contributed by atoms with E-state index in [4.69, 9.17) is 5.21 Å². The lowest BCUT2D eigenvalue weighted by Crippen LogP contribution is -2.21. The highest BCUT2D eigenvalue weighted by molar-refractivity contribution is 5.99. The van der Waals surface area contributed by atoms with Crippen LogP contribution in [-0.2, 0) is 4.79 Å². The zero-order valence-corrected chi connectivity index (χ0v) is 8.09. The van der Waals surface area contributed by atoms with Gasteiger partial charge < -0.3 is 15.1 Å². The molecule has 0 spiro atoms. The van der Waals surface area contributed by atoms with Gasteiger partial charge in [-0.3, -0.25) is 4.98 Å². The maximum Gasteiger partial charge on any atom is 0.0883 e. The van der Waals surface area contributed by atoms with Crippen LogP contribution in [0.25, 0.3) is 0 Å². The van der Waals surface area contributed by atoms with E-state index in [9.17, 15) is 9.90 Å². The molecule has 0 amide bonds. The van der Waals surface area contributed by atoms with Gasteiger partial charge in [0, 0.05) is 23.9 Å². The first-order valence-electron chi connectivity index (χ1n) is 4.55. The molecule has 0 aromatic carbocycles. The zero-order chi connectivity index (χ0) is 11.1. The molecular formula is C10H11N2O3-. The van der Waals surface area contributed by atoms with Gasteiger partial charge in [-0.2, -0.15) is 0 Å². The molecule has 0 aliphatic carbocycles. The van der Waals surface area contributed by atoms with E-state index in [-0.39, 0.29) is 6.42 Å². The third-order valence-corrected chi connectivity index (χ3v) is 1.91. The second-order valence-electron chi connectivity index (χ2n) is 3.01. The number of rotatable bonds is 5. The highest BCUT2D eigenvalue weighted by atomic mass is 16.4. The number of carboxylic acid groups (broad SMARTS) is 1. The molecule has 1 aromatic heterocycles. The van der Waals surface area contributed by atoms with Crippen LogP contribution in [0.15, 0.2) is 29.7 Å². The Morgan fingerprint density at radius 3 is 2.87 bits per heavy atom. The maximum atomic E-state index is 10.2. The van der Waals surface area contributed by atoms with Crippen LogP contribution in [0.1, 0.15) is 24.8 Å². The molecule has 0 unspecified atom stereocenters. The first-order valence-corrected chi connectivity index (χ1v) is 4.55. The Hall–Kier alpha value is -1.91. The van der Waals surface area contributed by atoms with Gasteiger partial charge in [-0.1, -0.05) is 5.16 Å². The summed E-state index contributed by atoms with van der Waals surface area (Å²) < 4.78 is 0. The summed E-state index contributed by atoms with van der Waals surface area (Å²) in [7, 11) is 0. The van der Waals surface area contributed by atoms with E-state index in [1.807, 2.05) is 0 Å². The lowest BCUT2D eigenvalue weighted by Gasteiger charge is -2.04. The SMILES string of the molecule is O=C([O-])CCC/C(=N\O)c1cccnc1. The fraction of sp³-hybridized carbons (Fsp3) is 0.300. The molecule has 0 bridgehead atoms. The Kier molecular flexibility index (Phi) is 4.28. The minimum atomic E-state index is -1.10. The highest BCUT2D eigenvalue weighted by Crippen LogP contribution is 2.06. The van der Waals surface area contributed by atoms with E-state index >= 15 is 0 Å². The molecule has 0 saturated heterocycles. The van der Waals surface area contributed by atoms with Gasteiger partial charge in [0.2, 0.25) is 0 Å². The minimum absolute atomic E-state index is 0.0424. The molecule has 80 valence electrons. The maximum absolute atomic E-state index is 10.2. The summed E-state index contributed by atoms with van der Waals surface area (Å²) in [6, 6.07) is 3.47. The molecule has 0 saturated carbocycles. The van der Waals surface area contributed by atoms with Gasteiger partial charge in [0.05, 0.1) is 5.71 Å². The molecule has 1 heterocycles. The first-order chi connectivity index (χ1) is 7.24. The Balaban J connectivity index is 2.55. The van der Waals surface area contributed by atoms with Gasteiger partial charge in [0.25, 0.3) is 0 Å². The summed E-state index contributed by atoms with van der Waals surface area (Å²) in [5, 5.41) is 22.0. The number of aromatic nitrogens is 1. The van der Waals surface area contributed by atoms with Gasteiger partial charge in [-0.15, -0.1) is 0 Å². The zero-order valence-electron chi connectivity index (χ0n) is 8.09.